The van der Waals surface area contributed by atoms with Crippen LogP contribution in [0.4, 0.5) is 48.3 Å². The molecule has 3 atom stereocenters. The Hall–Kier alpha value is -1.42. The Morgan fingerprint density at radius 1 is 1.00 bits per heavy atom. The van der Waals surface area contributed by atoms with Gasteiger partial charge in [0.15, 0.2) is 5.79 Å². The van der Waals surface area contributed by atoms with Crippen LogP contribution in [0.5, 0.6) is 0 Å². The molecule has 1 saturated heterocycles. The standard InChI is InChI=1S/C12H11F11O5/c1-5-3-26-7(2,27-5)4-25-6(24)8(13,10(16,17)18)28-12(22,23)9(14,15)11(19,20)21/h5H,3-4H2,1-2H3. The number of ether oxygens (including phenoxy) is 4. The largest absolute Gasteiger partial charge is 0.462 e. The van der Waals surface area contributed by atoms with Crippen molar-refractivity contribution < 1.29 is 72.0 Å². The van der Waals surface area contributed by atoms with Crippen LogP contribution in [0.25, 0.3) is 0 Å². The second kappa shape index (κ2) is 7.12. The highest BCUT2D eigenvalue weighted by Gasteiger charge is 2.80. The van der Waals surface area contributed by atoms with E-state index in [9.17, 15) is 53.1 Å². The Labute approximate surface area is 148 Å². The Morgan fingerprint density at radius 3 is 1.86 bits per heavy atom. The zero-order valence-corrected chi connectivity index (χ0v) is 13.7. The lowest BCUT2D eigenvalue weighted by molar-refractivity contribution is -0.475. The van der Waals surface area contributed by atoms with Gasteiger partial charge in [0.25, 0.3) is 0 Å². The maximum Gasteiger partial charge on any atom is 0.462 e. The summed E-state index contributed by atoms with van der Waals surface area (Å²) in [4.78, 5) is 11.3. The molecule has 1 rings (SSSR count). The van der Waals surface area contributed by atoms with Gasteiger partial charge in [-0.25, -0.2) is 4.79 Å². The highest BCUT2D eigenvalue weighted by Crippen LogP contribution is 2.51. The number of alkyl halides is 11. The van der Waals surface area contributed by atoms with E-state index in [0.717, 1.165) is 6.92 Å². The van der Waals surface area contributed by atoms with Crippen molar-refractivity contribution in [3.05, 3.63) is 0 Å². The summed E-state index contributed by atoms with van der Waals surface area (Å²) in [6, 6.07) is 0. The fourth-order valence-electron chi connectivity index (χ4n) is 1.77. The summed E-state index contributed by atoms with van der Waals surface area (Å²) in [5, 5.41) is 0. The summed E-state index contributed by atoms with van der Waals surface area (Å²) in [6.45, 7) is 0.846. The quantitative estimate of drug-likeness (QED) is 0.462. The maximum atomic E-state index is 13.9. The average molecular weight is 444 g/mol. The number of carbonyl (C=O) groups excluding carboxylic acids is 1. The van der Waals surface area contributed by atoms with Crippen LogP contribution in [0.15, 0.2) is 0 Å². The zero-order chi connectivity index (χ0) is 22.4. The normalized spacial score (nSPS) is 26.8. The first-order valence-electron chi connectivity index (χ1n) is 6.96. The molecule has 166 valence electrons. The van der Waals surface area contributed by atoms with Gasteiger partial charge in [-0.05, 0) is 13.8 Å². The predicted molar refractivity (Wildman–Crippen MR) is 62.8 cm³/mol. The smallest absolute Gasteiger partial charge is 0.455 e. The highest BCUT2D eigenvalue weighted by molar-refractivity contribution is 5.79. The molecule has 0 N–H and O–H groups in total. The minimum Gasteiger partial charge on any atom is -0.455 e. The molecule has 0 bridgehead atoms. The zero-order valence-electron chi connectivity index (χ0n) is 13.7. The van der Waals surface area contributed by atoms with Gasteiger partial charge in [-0.3, -0.25) is 4.74 Å². The van der Waals surface area contributed by atoms with Gasteiger partial charge in [0.1, 0.15) is 6.61 Å². The van der Waals surface area contributed by atoms with Crippen LogP contribution in [0.3, 0.4) is 0 Å². The van der Waals surface area contributed by atoms with Crippen molar-refractivity contribution in [3.63, 3.8) is 0 Å². The van der Waals surface area contributed by atoms with E-state index >= 15 is 0 Å². The fraction of sp³-hybridized carbons (Fsp3) is 0.917. The molecule has 28 heavy (non-hydrogen) atoms. The van der Waals surface area contributed by atoms with Crippen molar-refractivity contribution in [2.24, 2.45) is 0 Å². The molecule has 1 aliphatic rings. The topological polar surface area (TPSA) is 54.0 Å². The van der Waals surface area contributed by atoms with E-state index in [2.05, 4.69) is 9.47 Å². The van der Waals surface area contributed by atoms with Gasteiger partial charge in [-0.15, -0.1) is 0 Å². The van der Waals surface area contributed by atoms with Crippen LogP contribution in [0.1, 0.15) is 13.8 Å². The third kappa shape index (κ3) is 4.59. The SMILES string of the molecule is CC1COC(C)(COC(=O)C(F)(OC(F)(F)C(F)(F)C(F)(F)F)C(F)(F)F)O1. The van der Waals surface area contributed by atoms with Crippen LogP contribution >= 0.6 is 0 Å². The average Bonchev–Trinajstić information content (AvgIpc) is 2.81. The Kier molecular flexibility index (Phi) is 6.26. The van der Waals surface area contributed by atoms with Crippen molar-refractivity contribution in [1.82, 2.24) is 0 Å². The van der Waals surface area contributed by atoms with Crippen LogP contribution in [-0.2, 0) is 23.7 Å². The fourth-order valence-corrected chi connectivity index (χ4v) is 1.77. The van der Waals surface area contributed by atoms with E-state index in [1.54, 1.807) is 0 Å². The molecular formula is C12H11F11O5. The number of rotatable bonds is 6. The summed E-state index contributed by atoms with van der Waals surface area (Å²) in [6.07, 6.45) is -21.8. The van der Waals surface area contributed by atoms with Crippen LogP contribution in [0, 0.1) is 0 Å². The molecule has 1 heterocycles. The molecule has 0 spiro atoms. The third-order valence-electron chi connectivity index (χ3n) is 3.16. The first kappa shape index (κ1) is 24.6. The van der Waals surface area contributed by atoms with Crippen LogP contribution < -0.4 is 0 Å². The van der Waals surface area contributed by atoms with E-state index in [1.807, 2.05) is 0 Å². The Balaban J connectivity index is 3.10. The maximum absolute atomic E-state index is 13.9. The summed E-state index contributed by atoms with van der Waals surface area (Å²) in [5.74, 6) is -19.0. The molecule has 0 aromatic carbocycles. The molecular weight excluding hydrogens is 433 g/mol. The molecule has 0 radical (unpaired) electrons. The second-order valence-electron chi connectivity index (χ2n) is 5.73. The lowest BCUT2D eigenvalue weighted by Crippen LogP contribution is -2.62. The van der Waals surface area contributed by atoms with Gasteiger partial charge in [0, 0.05) is 0 Å². The summed E-state index contributed by atoms with van der Waals surface area (Å²) in [7, 11) is 0. The Bertz CT molecular complexity index is 589. The first-order valence-corrected chi connectivity index (χ1v) is 6.96. The molecule has 0 aromatic rings. The third-order valence-corrected chi connectivity index (χ3v) is 3.16. The van der Waals surface area contributed by atoms with E-state index < -0.39 is 54.7 Å². The molecule has 0 saturated carbocycles. The summed E-state index contributed by atoms with van der Waals surface area (Å²) >= 11 is 0. The highest BCUT2D eigenvalue weighted by atomic mass is 19.4. The van der Waals surface area contributed by atoms with E-state index in [1.165, 1.54) is 6.92 Å². The molecule has 16 heteroatoms. The number of carbonyl (C=O) groups is 1. The second-order valence-corrected chi connectivity index (χ2v) is 5.73. The monoisotopic (exact) mass is 444 g/mol. The minimum absolute atomic E-state index is 0.166. The van der Waals surface area contributed by atoms with Crippen molar-refractivity contribution in [2.45, 2.75) is 56.0 Å². The van der Waals surface area contributed by atoms with Crippen molar-refractivity contribution in [3.8, 4) is 0 Å². The summed E-state index contributed by atoms with van der Waals surface area (Å²) in [5.41, 5.74) is 0. The van der Waals surface area contributed by atoms with Gasteiger partial charge in [0.05, 0.1) is 12.7 Å². The summed E-state index contributed by atoms with van der Waals surface area (Å²) < 4.78 is 155. The predicted octanol–water partition coefficient (Wildman–Crippen LogP) is 3.72. The molecule has 1 aliphatic heterocycles. The molecule has 5 nitrogen and oxygen atoms in total. The minimum atomic E-state index is -7.28. The van der Waals surface area contributed by atoms with Crippen molar-refractivity contribution >= 4 is 5.97 Å². The number of esters is 1. The molecule has 0 aromatic heterocycles. The van der Waals surface area contributed by atoms with Gasteiger partial charge in [-0.2, -0.15) is 48.3 Å². The number of hydrogen-bond acceptors (Lipinski definition) is 5. The first-order chi connectivity index (χ1) is 12.2. The lowest BCUT2D eigenvalue weighted by atomic mass is 10.2. The van der Waals surface area contributed by atoms with Gasteiger partial charge >= 0.3 is 36.2 Å². The number of halogens is 11. The number of hydrogen-bond donors (Lipinski definition) is 0. The van der Waals surface area contributed by atoms with Crippen molar-refractivity contribution in [2.75, 3.05) is 13.2 Å². The molecule has 3 unspecified atom stereocenters. The van der Waals surface area contributed by atoms with Gasteiger partial charge < -0.3 is 14.2 Å². The lowest BCUT2D eigenvalue weighted by Gasteiger charge is -2.34. The molecule has 1 fully saturated rings. The van der Waals surface area contributed by atoms with Crippen LogP contribution in [0.2, 0.25) is 0 Å². The van der Waals surface area contributed by atoms with Gasteiger partial charge in [0.2, 0.25) is 0 Å². The van der Waals surface area contributed by atoms with E-state index in [0.29, 0.717) is 0 Å². The van der Waals surface area contributed by atoms with Gasteiger partial charge in [-0.1, -0.05) is 0 Å². The van der Waals surface area contributed by atoms with E-state index in [4.69, 9.17) is 9.47 Å². The molecule has 0 aliphatic carbocycles. The Morgan fingerprint density at radius 2 is 1.50 bits per heavy atom. The molecule has 0 amide bonds. The van der Waals surface area contributed by atoms with E-state index in [-0.39, 0.29) is 6.61 Å². The van der Waals surface area contributed by atoms with Crippen LogP contribution in [-0.4, -0.2) is 61.3 Å². The van der Waals surface area contributed by atoms with Crippen molar-refractivity contribution in [1.29, 1.82) is 0 Å².